The van der Waals surface area contributed by atoms with Crippen LogP contribution in [0.15, 0.2) is 42.5 Å². The molecule has 28 heavy (non-hydrogen) atoms. The fraction of sp³-hybridized carbons (Fsp3) is 0.364. The van der Waals surface area contributed by atoms with Gasteiger partial charge in [-0.15, -0.1) is 0 Å². The number of carbonyl (C=O) groups excluding carboxylic acids is 2. The van der Waals surface area contributed by atoms with E-state index in [-0.39, 0.29) is 19.1 Å². The summed E-state index contributed by atoms with van der Waals surface area (Å²) in [5, 5.41) is 2.69. The number of methoxy groups -OCH3 is 1. The van der Waals surface area contributed by atoms with Crippen LogP contribution < -0.4 is 14.8 Å². The van der Waals surface area contributed by atoms with E-state index in [9.17, 15) is 9.59 Å². The second-order valence-corrected chi connectivity index (χ2v) is 6.75. The van der Waals surface area contributed by atoms with Crippen LogP contribution in [0.3, 0.4) is 0 Å². The lowest BCUT2D eigenvalue weighted by Crippen LogP contribution is -2.29. The summed E-state index contributed by atoms with van der Waals surface area (Å²) in [7, 11) is 1.59. The number of rotatable bonds is 9. The third kappa shape index (κ3) is 6.61. The Kier molecular flexibility index (Phi) is 7.87. The maximum Gasteiger partial charge on any atom is 0.344 e. The van der Waals surface area contributed by atoms with Crippen molar-refractivity contribution in [1.29, 1.82) is 0 Å². The molecular formula is C22H27NO5. The minimum atomic E-state index is -0.592. The lowest BCUT2D eigenvalue weighted by molar-refractivity contribution is -0.150. The van der Waals surface area contributed by atoms with Crippen molar-refractivity contribution in [3.05, 3.63) is 59.2 Å². The Hall–Kier alpha value is -3.02. The molecule has 0 bridgehead atoms. The molecule has 0 aromatic heterocycles. The number of aryl methyl sites for hydroxylation is 1. The highest BCUT2D eigenvalue weighted by Crippen LogP contribution is 2.23. The molecule has 0 aliphatic rings. The molecular weight excluding hydrogens is 358 g/mol. The van der Waals surface area contributed by atoms with Crippen molar-refractivity contribution in [2.75, 3.05) is 20.3 Å². The predicted octanol–water partition coefficient (Wildman–Crippen LogP) is 3.37. The largest absolute Gasteiger partial charge is 0.497 e. The van der Waals surface area contributed by atoms with E-state index in [0.717, 1.165) is 16.9 Å². The Labute approximate surface area is 165 Å². The third-order valence-corrected chi connectivity index (χ3v) is 4.23. The van der Waals surface area contributed by atoms with Crippen LogP contribution in [0.25, 0.3) is 0 Å². The monoisotopic (exact) mass is 385 g/mol. The van der Waals surface area contributed by atoms with Crippen molar-refractivity contribution >= 4 is 11.9 Å². The summed E-state index contributed by atoms with van der Waals surface area (Å²) in [6.07, 6.45) is 0. The summed E-state index contributed by atoms with van der Waals surface area (Å²) < 4.78 is 15.5. The van der Waals surface area contributed by atoms with Crippen LogP contribution in [-0.4, -0.2) is 32.2 Å². The van der Waals surface area contributed by atoms with Gasteiger partial charge in [0.2, 0.25) is 0 Å². The highest BCUT2D eigenvalue weighted by molar-refractivity contribution is 5.80. The van der Waals surface area contributed by atoms with E-state index >= 15 is 0 Å². The topological polar surface area (TPSA) is 73.9 Å². The van der Waals surface area contributed by atoms with Crippen LogP contribution in [0.1, 0.15) is 36.5 Å². The van der Waals surface area contributed by atoms with E-state index in [4.69, 9.17) is 14.2 Å². The SMILES string of the molecule is COc1ccc(CNC(=O)COC(=O)COc2ccc(C(C)C)c(C)c2)cc1. The molecule has 0 saturated heterocycles. The summed E-state index contributed by atoms with van der Waals surface area (Å²) >= 11 is 0. The Balaban J connectivity index is 1.70. The van der Waals surface area contributed by atoms with Crippen molar-refractivity contribution < 1.29 is 23.8 Å². The van der Waals surface area contributed by atoms with Gasteiger partial charge in [0.1, 0.15) is 11.5 Å². The van der Waals surface area contributed by atoms with Crippen molar-refractivity contribution in [1.82, 2.24) is 5.32 Å². The summed E-state index contributed by atoms with van der Waals surface area (Å²) in [6.45, 7) is 6.02. The maximum absolute atomic E-state index is 11.8. The van der Waals surface area contributed by atoms with E-state index in [2.05, 4.69) is 19.2 Å². The first-order valence-corrected chi connectivity index (χ1v) is 9.17. The van der Waals surface area contributed by atoms with Crippen LogP contribution in [0.4, 0.5) is 0 Å². The standard InChI is InChI=1S/C22H27NO5/c1-15(2)20-10-9-19(11-16(20)3)27-14-22(25)28-13-21(24)23-12-17-5-7-18(26-4)8-6-17/h5-11,15H,12-14H2,1-4H3,(H,23,24). The van der Waals surface area contributed by atoms with Crippen LogP contribution in [-0.2, 0) is 20.9 Å². The fourth-order valence-electron chi connectivity index (χ4n) is 2.71. The zero-order valence-electron chi connectivity index (χ0n) is 16.8. The van der Waals surface area contributed by atoms with Gasteiger partial charge in [0.05, 0.1) is 7.11 Å². The predicted molar refractivity (Wildman–Crippen MR) is 107 cm³/mol. The zero-order chi connectivity index (χ0) is 20.5. The van der Waals surface area contributed by atoms with E-state index in [0.29, 0.717) is 18.2 Å². The Morgan fingerprint density at radius 1 is 1.00 bits per heavy atom. The number of hydrogen-bond donors (Lipinski definition) is 1. The van der Waals surface area contributed by atoms with Gasteiger partial charge in [-0.25, -0.2) is 4.79 Å². The summed E-state index contributed by atoms with van der Waals surface area (Å²) in [4.78, 5) is 23.6. The molecule has 1 amide bonds. The smallest absolute Gasteiger partial charge is 0.344 e. The molecule has 6 heteroatoms. The molecule has 2 aromatic rings. The molecule has 150 valence electrons. The molecule has 2 aromatic carbocycles. The van der Waals surface area contributed by atoms with E-state index < -0.39 is 5.97 Å². The minimum absolute atomic E-state index is 0.244. The molecule has 0 radical (unpaired) electrons. The summed E-state index contributed by atoms with van der Waals surface area (Å²) in [6, 6.07) is 13.0. The third-order valence-electron chi connectivity index (χ3n) is 4.23. The quantitative estimate of drug-likeness (QED) is 0.670. The van der Waals surface area contributed by atoms with E-state index in [1.54, 1.807) is 7.11 Å². The molecule has 0 aliphatic carbocycles. The summed E-state index contributed by atoms with van der Waals surface area (Å²) in [5.41, 5.74) is 3.27. The lowest BCUT2D eigenvalue weighted by Gasteiger charge is -2.12. The van der Waals surface area contributed by atoms with Crippen LogP contribution >= 0.6 is 0 Å². The van der Waals surface area contributed by atoms with Crippen LogP contribution in [0.5, 0.6) is 11.5 Å². The van der Waals surface area contributed by atoms with Gasteiger partial charge < -0.3 is 19.5 Å². The van der Waals surface area contributed by atoms with Gasteiger partial charge in [-0.2, -0.15) is 0 Å². The maximum atomic E-state index is 11.8. The fourth-order valence-corrected chi connectivity index (χ4v) is 2.71. The lowest BCUT2D eigenvalue weighted by atomic mass is 9.98. The number of ether oxygens (including phenoxy) is 3. The van der Waals surface area contributed by atoms with E-state index in [1.165, 1.54) is 5.56 Å². The molecule has 0 saturated carbocycles. The normalized spacial score (nSPS) is 10.5. The number of esters is 1. The highest BCUT2D eigenvalue weighted by Gasteiger charge is 2.10. The molecule has 6 nitrogen and oxygen atoms in total. The highest BCUT2D eigenvalue weighted by atomic mass is 16.6. The first-order valence-electron chi connectivity index (χ1n) is 9.17. The van der Waals surface area contributed by atoms with Crippen LogP contribution in [0, 0.1) is 6.92 Å². The number of nitrogens with one attached hydrogen (secondary N) is 1. The van der Waals surface area contributed by atoms with Gasteiger partial charge in [0.15, 0.2) is 13.2 Å². The molecule has 0 unspecified atom stereocenters. The summed E-state index contributed by atoms with van der Waals surface area (Å²) in [5.74, 6) is 0.808. The van der Waals surface area contributed by atoms with Crippen molar-refractivity contribution in [3.63, 3.8) is 0 Å². The van der Waals surface area contributed by atoms with Gasteiger partial charge in [0.25, 0.3) is 5.91 Å². The van der Waals surface area contributed by atoms with Crippen molar-refractivity contribution in [2.24, 2.45) is 0 Å². The Bertz CT molecular complexity index is 799. The number of benzene rings is 2. The first kappa shape index (κ1) is 21.3. The molecule has 0 fully saturated rings. The second kappa shape index (κ2) is 10.3. The molecule has 1 N–H and O–H groups in total. The number of amides is 1. The average Bonchev–Trinajstić information content (AvgIpc) is 2.69. The zero-order valence-corrected chi connectivity index (χ0v) is 16.8. The van der Waals surface area contributed by atoms with Crippen molar-refractivity contribution in [2.45, 2.75) is 33.2 Å². The van der Waals surface area contributed by atoms with Gasteiger partial charge >= 0.3 is 5.97 Å². The van der Waals surface area contributed by atoms with Gasteiger partial charge in [-0.3, -0.25) is 4.79 Å². The molecule has 2 rings (SSSR count). The van der Waals surface area contributed by atoms with Crippen molar-refractivity contribution in [3.8, 4) is 11.5 Å². The average molecular weight is 385 g/mol. The number of carbonyl (C=O) groups is 2. The van der Waals surface area contributed by atoms with Crippen LogP contribution in [0.2, 0.25) is 0 Å². The van der Waals surface area contributed by atoms with E-state index in [1.807, 2.05) is 49.4 Å². The van der Waals surface area contributed by atoms with Gasteiger partial charge in [-0.1, -0.05) is 32.0 Å². The Morgan fingerprint density at radius 3 is 2.29 bits per heavy atom. The molecule has 0 atom stereocenters. The molecule has 0 heterocycles. The first-order chi connectivity index (χ1) is 13.4. The minimum Gasteiger partial charge on any atom is -0.497 e. The Morgan fingerprint density at radius 2 is 1.68 bits per heavy atom. The molecule has 0 spiro atoms. The molecule has 0 aliphatic heterocycles. The number of hydrogen-bond acceptors (Lipinski definition) is 5. The van der Waals surface area contributed by atoms with Gasteiger partial charge in [0, 0.05) is 6.54 Å². The second-order valence-electron chi connectivity index (χ2n) is 6.75. The van der Waals surface area contributed by atoms with Gasteiger partial charge in [-0.05, 0) is 53.8 Å².